The molecule has 0 aliphatic rings. The van der Waals surface area contributed by atoms with Crippen molar-refractivity contribution < 1.29 is 9.59 Å². The monoisotopic (exact) mass is 291 g/mol. The van der Waals surface area contributed by atoms with Crippen molar-refractivity contribution in [3.8, 4) is 0 Å². The standard InChI is InChI=1S/C16H25N3O2/c1-11(2)19-14(20)9-10-18-15(21)16(3,4)12-5-7-13(17)8-6-12/h5-8,11H,9-10,17H2,1-4H3,(H,18,21)(H,19,20). The van der Waals surface area contributed by atoms with Crippen LogP contribution in [0.4, 0.5) is 5.69 Å². The lowest BCUT2D eigenvalue weighted by Crippen LogP contribution is -2.42. The van der Waals surface area contributed by atoms with Gasteiger partial charge >= 0.3 is 0 Å². The molecule has 21 heavy (non-hydrogen) atoms. The first-order valence-corrected chi connectivity index (χ1v) is 7.17. The first-order chi connectivity index (χ1) is 9.73. The molecule has 0 unspecified atom stereocenters. The smallest absolute Gasteiger partial charge is 0.230 e. The Labute approximate surface area is 126 Å². The fourth-order valence-electron chi connectivity index (χ4n) is 1.94. The second-order valence-corrected chi connectivity index (χ2v) is 5.98. The third-order valence-corrected chi connectivity index (χ3v) is 3.29. The Kier molecular flexibility index (Phi) is 5.76. The van der Waals surface area contributed by atoms with E-state index in [0.29, 0.717) is 12.2 Å². The molecule has 5 nitrogen and oxygen atoms in total. The van der Waals surface area contributed by atoms with Crippen LogP contribution in [0.1, 0.15) is 39.7 Å². The Bertz CT molecular complexity index is 493. The highest BCUT2D eigenvalue weighted by atomic mass is 16.2. The number of nitrogens with two attached hydrogens (primary N) is 1. The second kappa shape index (κ2) is 7.11. The van der Waals surface area contributed by atoms with E-state index in [9.17, 15) is 9.59 Å². The number of hydrogen-bond donors (Lipinski definition) is 3. The minimum absolute atomic E-state index is 0.0596. The van der Waals surface area contributed by atoms with Crippen molar-refractivity contribution in [2.45, 2.75) is 45.6 Å². The van der Waals surface area contributed by atoms with Crippen molar-refractivity contribution in [1.82, 2.24) is 10.6 Å². The number of amides is 2. The topological polar surface area (TPSA) is 84.2 Å². The first-order valence-electron chi connectivity index (χ1n) is 7.17. The van der Waals surface area contributed by atoms with Gasteiger partial charge in [0.1, 0.15) is 0 Å². The summed E-state index contributed by atoms with van der Waals surface area (Å²) in [6, 6.07) is 7.36. The molecule has 0 saturated carbocycles. The molecule has 4 N–H and O–H groups in total. The summed E-state index contributed by atoms with van der Waals surface area (Å²) in [7, 11) is 0. The van der Waals surface area contributed by atoms with Crippen LogP contribution in [0.2, 0.25) is 0 Å². The average molecular weight is 291 g/mol. The van der Waals surface area contributed by atoms with Gasteiger partial charge in [-0.05, 0) is 45.4 Å². The number of anilines is 1. The van der Waals surface area contributed by atoms with E-state index in [0.717, 1.165) is 5.56 Å². The summed E-state index contributed by atoms with van der Waals surface area (Å²) in [5, 5.41) is 5.60. The molecule has 1 aromatic carbocycles. The van der Waals surface area contributed by atoms with Crippen LogP contribution >= 0.6 is 0 Å². The molecule has 1 rings (SSSR count). The van der Waals surface area contributed by atoms with Crippen LogP contribution < -0.4 is 16.4 Å². The van der Waals surface area contributed by atoms with E-state index in [1.807, 2.05) is 39.8 Å². The number of rotatable bonds is 6. The summed E-state index contributed by atoms with van der Waals surface area (Å²) in [6.45, 7) is 7.83. The predicted molar refractivity (Wildman–Crippen MR) is 84.8 cm³/mol. The van der Waals surface area contributed by atoms with Gasteiger partial charge in [-0.2, -0.15) is 0 Å². The summed E-state index contributed by atoms with van der Waals surface area (Å²) < 4.78 is 0. The highest BCUT2D eigenvalue weighted by Gasteiger charge is 2.29. The Morgan fingerprint density at radius 1 is 1.19 bits per heavy atom. The Balaban J connectivity index is 2.54. The molecule has 0 spiro atoms. The summed E-state index contributed by atoms with van der Waals surface area (Å²) in [5.74, 6) is -0.166. The maximum atomic E-state index is 12.3. The number of hydrogen-bond acceptors (Lipinski definition) is 3. The second-order valence-electron chi connectivity index (χ2n) is 5.98. The molecule has 0 heterocycles. The van der Waals surface area contributed by atoms with Gasteiger partial charge in [-0.1, -0.05) is 12.1 Å². The number of carbonyl (C=O) groups excluding carboxylic acids is 2. The molecule has 0 aliphatic carbocycles. The van der Waals surface area contributed by atoms with Gasteiger partial charge in [-0.3, -0.25) is 9.59 Å². The Morgan fingerprint density at radius 3 is 2.29 bits per heavy atom. The van der Waals surface area contributed by atoms with Gasteiger partial charge in [0, 0.05) is 24.7 Å². The molecule has 5 heteroatoms. The van der Waals surface area contributed by atoms with Crippen molar-refractivity contribution in [3.63, 3.8) is 0 Å². The molecule has 0 atom stereocenters. The largest absolute Gasteiger partial charge is 0.399 e. The van der Waals surface area contributed by atoms with Gasteiger partial charge in [-0.25, -0.2) is 0 Å². The molecule has 0 aliphatic heterocycles. The summed E-state index contributed by atoms with van der Waals surface area (Å²) in [4.78, 5) is 23.8. The van der Waals surface area contributed by atoms with Crippen LogP contribution in [0, 0.1) is 0 Å². The van der Waals surface area contributed by atoms with E-state index in [1.165, 1.54) is 0 Å². The summed E-state index contributed by atoms with van der Waals surface area (Å²) in [6.07, 6.45) is 0.280. The van der Waals surface area contributed by atoms with Gasteiger partial charge < -0.3 is 16.4 Å². The zero-order valence-electron chi connectivity index (χ0n) is 13.2. The zero-order chi connectivity index (χ0) is 16.0. The minimum Gasteiger partial charge on any atom is -0.399 e. The molecule has 1 aromatic rings. The Morgan fingerprint density at radius 2 is 1.76 bits per heavy atom. The van der Waals surface area contributed by atoms with E-state index in [1.54, 1.807) is 12.1 Å². The molecule has 116 valence electrons. The van der Waals surface area contributed by atoms with Crippen LogP contribution in [-0.4, -0.2) is 24.4 Å². The fourth-order valence-corrected chi connectivity index (χ4v) is 1.94. The number of carbonyl (C=O) groups is 2. The number of nitrogens with one attached hydrogen (secondary N) is 2. The van der Waals surface area contributed by atoms with E-state index < -0.39 is 5.41 Å². The van der Waals surface area contributed by atoms with Crippen molar-refractivity contribution in [2.75, 3.05) is 12.3 Å². The zero-order valence-corrected chi connectivity index (χ0v) is 13.2. The number of benzene rings is 1. The summed E-state index contributed by atoms with van der Waals surface area (Å²) in [5.41, 5.74) is 6.55. The van der Waals surface area contributed by atoms with Crippen LogP contribution in [0.25, 0.3) is 0 Å². The number of nitrogen functional groups attached to an aromatic ring is 1. The van der Waals surface area contributed by atoms with Crippen LogP contribution in [0.3, 0.4) is 0 Å². The maximum absolute atomic E-state index is 12.3. The highest BCUT2D eigenvalue weighted by molar-refractivity contribution is 5.87. The van der Waals surface area contributed by atoms with Crippen molar-refractivity contribution in [2.24, 2.45) is 0 Å². The third-order valence-electron chi connectivity index (χ3n) is 3.29. The first kappa shape index (κ1) is 17.0. The van der Waals surface area contributed by atoms with Gasteiger partial charge in [-0.15, -0.1) is 0 Å². The lowest BCUT2D eigenvalue weighted by atomic mass is 9.83. The summed E-state index contributed by atoms with van der Waals surface area (Å²) >= 11 is 0. The molecule has 0 bridgehead atoms. The average Bonchev–Trinajstić information content (AvgIpc) is 2.38. The lowest BCUT2D eigenvalue weighted by Gasteiger charge is -2.24. The third kappa shape index (κ3) is 5.10. The molecule has 0 aromatic heterocycles. The molecular weight excluding hydrogens is 266 g/mol. The normalized spacial score (nSPS) is 11.3. The quantitative estimate of drug-likeness (QED) is 0.696. The van der Waals surface area contributed by atoms with Crippen molar-refractivity contribution >= 4 is 17.5 Å². The van der Waals surface area contributed by atoms with Gasteiger partial charge in [0.2, 0.25) is 11.8 Å². The highest BCUT2D eigenvalue weighted by Crippen LogP contribution is 2.24. The van der Waals surface area contributed by atoms with Crippen LogP contribution in [-0.2, 0) is 15.0 Å². The molecule has 0 radical (unpaired) electrons. The molecular formula is C16H25N3O2. The van der Waals surface area contributed by atoms with E-state index in [2.05, 4.69) is 10.6 Å². The molecule has 0 fully saturated rings. The SMILES string of the molecule is CC(C)NC(=O)CCNC(=O)C(C)(C)c1ccc(N)cc1. The van der Waals surface area contributed by atoms with Gasteiger partial charge in [0.15, 0.2) is 0 Å². The van der Waals surface area contributed by atoms with Gasteiger partial charge in [0.25, 0.3) is 0 Å². The fraction of sp³-hybridized carbons (Fsp3) is 0.500. The van der Waals surface area contributed by atoms with Crippen molar-refractivity contribution in [1.29, 1.82) is 0 Å². The van der Waals surface area contributed by atoms with Gasteiger partial charge in [0.05, 0.1) is 5.41 Å². The van der Waals surface area contributed by atoms with E-state index in [-0.39, 0.29) is 24.3 Å². The van der Waals surface area contributed by atoms with Crippen LogP contribution in [0.15, 0.2) is 24.3 Å². The minimum atomic E-state index is -0.664. The van der Waals surface area contributed by atoms with Crippen LogP contribution in [0.5, 0.6) is 0 Å². The predicted octanol–water partition coefficient (Wildman–Crippen LogP) is 1.58. The Hall–Kier alpha value is -2.04. The van der Waals surface area contributed by atoms with E-state index >= 15 is 0 Å². The molecule has 2 amide bonds. The lowest BCUT2D eigenvalue weighted by molar-refractivity contribution is -0.126. The maximum Gasteiger partial charge on any atom is 0.230 e. The van der Waals surface area contributed by atoms with E-state index in [4.69, 9.17) is 5.73 Å². The molecule has 0 saturated heterocycles. The van der Waals surface area contributed by atoms with Crippen molar-refractivity contribution in [3.05, 3.63) is 29.8 Å².